The largest absolute Gasteiger partial charge is 0.459 e. The highest BCUT2D eigenvalue weighted by molar-refractivity contribution is 5.95. The molecule has 1 aliphatic rings. The number of carbonyl (C=O) groups excluding carboxylic acids is 2. The molecule has 0 spiro atoms. The van der Waals surface area contributed by atoms with Crippen LogP contribution in [0.25, 0.3) is 0 Å². The maximum Gasteiger partial charge on any atom is 0.287 e. The third-order valence-electron chi connectivity index (χ3n) is 4.59. The fraction of sp³-hybridized carbons (Fsp3) is 0.556. The number of rotatable bonds is 6. The predicted octanol–water partition coefficient (Wildman–Crippen LogP) is 1.67. The second kappa shape index (κ2) is 8.16. The van der Waals surface area contributed by atoms with Gasteiger partial charge >= 0.3 is 0 Å². The number of hydrogen-bond acceptors (Lipinski definition) is 5. The van der Waals surface area contributed by atoms with E-state index in [1.54, 1.807) is 12.1 Å². The summed E-state index contributed by atoms with van der Waals surface area (Å²) in [5, 5.41) is 14.1. The van der Waals surface area contributed by atoms with Crippen molar-refractivity contribution in [2.45, 2.75) is 58.7 Å². The molecule has 8 nitrogen and oxygen atoms in total. The molecule has 1 atom stereocenters. The van der Waals surface area contributed by atoms with Crippen molar-refractivity contribution in [2.24, 2.45) is 5.92 Å². The second-order valence-corrected chi connectivity index (χ2v) is 6.89. The Labute approximate surface area is 152 Å². The van der Waals surface area contributed by atoms with Crippen LogP contribution in [0.2, 0.25) is 0 Å². The van der Waals surface area contributed by atoms with Crippen molar-refractivity contribution in [1.29, 1.82) is 0 Å². The molecule has 3 rings (SSSR count). The van der Waals surface area contributed by atoms with Crippen molar-refractivity contribution in [2.75, 3.05) is 0 Å². The van der Waals surface area contributed by atoms with Crippen LogP contribution in [0.3, 0.4) is 0 Å². The highest BCUT2D eigenvalue weighted by Gasteiger charge is 2.26. The first-order valence-corrected chi connectivity index (χ1v) is 9.09. The molecule has 0 aliphatic carbocycles. The molecule has 0 aromatic carbocycles. The van der Waals surface area contributed by atoms with Gasteiger partial charge in [0.1, 0.15) is 11.9 Å². The summed E-state index contributed by atoms with van der Waals surface area (Å²) in [5.74, 6) is 1.22. The normalized spacial score (nSPS) is 15.2. The first-order chi connectivity index (χ1) is 12.6. The minimum atomic E-state index is -0.654. The smallest absolute Gasteiger partial charge is 0.287 e. The Morgan fingerprint density at radius 3 is 2.85 bits per heavy atom. The van der Waals surface area contributed by atoms with Crippen LogP contribution >= 0.6 is 0 Å². The van der Waals surface area contributed by atoms with E-state index in [4.69, 9.17) is 4.42 Å². The first-order valence-electron chi connectivity index (χ1n) is 9.09. The van der Waals surface area contributed by atoms with Crippen LogP contribution in [-0.4, -0.2) is 32.6 Å². The van der Waals surface area contributed by atoms with Gasteiger partial charge in [-0.2, -0.15) is 0 Å². The van der Waals surface area contributed by atoms with Crippen molar-refractivity contribution >= 4 is 11.8 Å². The van der Waals surface area contributed by atoms with E-state index in [1.165, 1.54) is 12.7 Å². The third-order valence-corrected chi connectivity index (χ3v) is 4.59. The van der Waals surface area contributed by atoms with Gasteiger partial charge in [0.2, 0.25) is 5.91 Å². The molecular formula is C18H25N5O3. The molecule has 8 heteroatoms. The molecule has 0 fully saturated rings. The Morgan fingerprint density at radius 1 is 1.27 bits per heavy atom. The SMILES string of the molecule is CC(C)C(NC(=O)c1ccco1)C(=O)NCc1nnc2n1CCCCC2. The van der Waals surface area contributed by atoms with Crippen molar-refractivity contribution in [3.05, 3.63) is 35.8 Å². The van der Waals surface area contributed by atoms with Gasteiger partial charge in [-0.3, -0.25) is 9.59 Å². The zero-order valence-electron chi connectivity index (χ0n) is 15.2. The topological polar surface area (TPSA) is 102 Å². The zero-order valence-corrected chi connectivity index (χ0v) is 15.2. The Hall–Kier alpha value is -2.64. The molecule has 2 aromatic heterocycles. The van der Waals surface area contributed by atoms with Crippen molar-refractivity contribution < 1.29 is 14.0 Å². The molecule has 0 saturated heterocycles. The van der Waals surface area contributed by atoms with Gasteiger partial charge in [0, 0.05) is 13.0 Å². The molecule has 2 N–H and O–H groups in total. The number of nitrogens with zero attached hydrogens (tertiary/aromatic N) is 3. The molecule has 3 heterocycles. The molecule has 0 radical (unpaired) electrons. The number of hydrogen-bond donors (Lipinski definition) is 2. The minimum absolute atomic E-state index is 0.0653. The zero-order chi connectivity index (χ0) is 18.5. The predicted molar refractivity (Wildman–Crippen MR) is 94.2 cm³/mol. The van der Waals surface area contributed by atoms with Crippen molar-refractivity contribution in [3.8, 4) is 0 Å². The van der Waals surface area contributed by atoms with Gasteiger partial charge in [-0.1, -0.05) is 20.3 Å². The standard InChI is InChI=1S/C18H25N5O3/c1-12(2)16(20-17(24)13-7-6-10-26-13)18(25)19-11-15-22-21-14-8-4-3-5-9-23(14)15/h6-7,10,12,16H,3-5,8-9,11H2,1-2H3,(H,19,25)(H,20,24). The highest BCUT2D eigenvalue weighted by atomic mass is 16.3. The summed E-state index contributed by atoms with van der Waals surface area (Å²) in [6.45, 7) is 4.95. The molecule has 2 aromatic rings. The molecular weight excluding hydrogens is 334 g/mol. The van der Waals surface area contributed by atoms with E-state index in [0.717, 1.165) is 37.5 Å². The molecule has 0 bridgehead atoms. The molecule has 1 aliphatic heterocycles. The number of carbonyl (C=O) groups is 2. The summed E-state index contributed by atoms with van der Waals surface area (Å²) >= 11 is 0. The summed E-state index contributed by atoms with van der Waals surface area (Å²) in [7, 11) is 0. The van der Waals surface area contributed by atoms with Crippen molar-refractivity contribution in [1.82, 2.24) is 25.4 Å². The number of aromatic nitrogens is 3. The summed E-state index contributed by atoms with van der Waals surface area (Å²) in [4.78, 5) is 24.8. The maximum absolute atomic E-state index is 12.6. The van der Waals surface area contributed by atoms with Crippen LogP contribution in [0.5, 0.6) is 0 Å². The van der Waals surface area contributed by atoms with Crippen LogP contribution in [0, 0.1) is 5.92 Å². The van der Waals surface area contributed by atoms with Crippen LogP contribution in [0.15, 0.2) is 22.8 Å². The van der Waals surface area contributed by atoms with Crippen LogP contribution in [-0.2, 0) is 24.3 Å². The van der Waals surface area contributed by atoms with E-state index >= 15 is 0 Å². The lowest BCUT2D eigenvalue weighted by molar-refractivity contribution is -0.124. The van der Waals surface area contributed by atoms with E-state index in [2.05, 4.69) is 25.4 Å². The number of fused-ring (bicyclic) bond motifs is 1. The summed E-state index contributed by atoms with van der Waals surface area (Å²) in [6, 6.07) is 2.55. The van der Waals surface area contributed by atoms with Gasteiger partial charge < -0.3 is 19.6 Å². The fourth-order valence-electron chi connectivity index (χ4n) is 3.11. The average Bonchev–Trinajstić information content (AvgIpc) is 3.22. The molecule has 2 amide bonds. The second-order valence-electron chi connectivity index (χ2n) is 6.89. The summed E-state index contributed by atoms with van der Waals surface area (Å²) in [6.07, 6.45) is 5.76. The number of amides is 2. The summed E-state index contributed by atoms with van der Waals surface area (Å²) < 4.78 is 7.18. The molecule has 140 valence electrons. The molecule has 0 saturated carbocycles. The maximum atomic E-state index is 12.6. The van der Waals surface area contributed by atoms with Gasteiger partial charge in [-0.25, -0.2) is 0 Å². The Kier molecular flexibility index (Phi) is 5.70. The lowest BCUT2D eigenvalue weighted by atomic mass is 10.0. The lowest BCUT2D eigenvalue weighted by Gasteiger charge is -2.21. The monoisotopic (exact) mass is 359 g/mol. The highest BCUT2D eigenvalue weighted by Crippen LogP contribution is 2.14. The lowest BCUT2D eigenvalue weighted by Crippen LogP contribution is -2.49. The number of nitrogens with one attached hydrogen (secondary N) is 2. The third kappa shape index (κ3) is 4.12. The van der Waals surface area contributed by atoms with Gasteiger partial charge in [0.05, 0.1) is 12.8 Å². The fourth-order valence-corrected chi connectivity index (χ4v) is 3.11. The Bertz CT molecular complexity index is 751. The van der Waals surface area contributed by atoms with Gasteiger partial charge in [-0.05, 0) is 30.9 Å². The Morgan fingerprint density at radius 2 is 2.12 bits per heavy atom. The molecule has 1 unspecified atom stereocenters. The van der Waals surface area contributed by atoms with Gasteiger partial charge in [0.25, 0.3) is 5.91 Å². The Balaban J connectivity index is 1.62. The first kappa shape index (κ1) is 18.2. The average molecular weight is 359 g/mol. The van der Waals surface area contributed by atoms with Crippen molar-refractivity contribution in [3.63, 3.8) is 0 Å². The number of aryl methyl sites for hydroxylation is 1. The van der Waals surface area contributed by atoms with Crippen LogP contribution in [0.1, 0.15) is 55.3 Å². The van der Waals surface area contributed by atoms with Gasteiger partial charge in [0.15, 0.2) is 11.6 Å². The van der Waals surface area contributed by atoms with E-state index in [1.807, 2.05) is 13.8 Å². The molecule has 26 heavy (non-hydrogen) atoms. The number of furan rings is 1. The quantitative estimate of drug-likeness (QED) is 0.817. The van der Waals surface area contributed by atoms with E-state index in [9.17, 15) is 9.59 Å². The minimum Gasteiger partial charge on any atom is -0.459 e. The van der Waals surface area contributed by atoms with E-state index < -0.39 is 11.9 Å². The summed E-state index contributed by atoms with van der Waals surface area (Å²) in [5.41, 5.74) is 0. The van der Waals surface area contributed by atoms with Crippen LogP contribution < -0.4 is 10.6 Å². The van der Waals surface area contributed by atoms with E-state index in [-0.39, 0.29) is 17.6 Å². The van der Waals surface area contributed by atoms with E-state index in [0.29, 0.717) is 6.54 Å². The van der Waals surface area contributed by atoms with Gasteiger partial charge in [-0.15, -0.1) is 10.2 Å². The van der Waals surface area contributed by atoms with Crippen LogP contribution in [0.4, 0.5) is 0 Å².